The average Bonchev–Trinajstić information content (AvgIpc) is 2.38. The molecule has 0 aromatic heterocycles. The Labute approximate surface area is 128 Å². The highest BCUT2D eigenvalue weighted by molar-refractivity contribution is 9.10. The number of aliphatic hydroxyl groups excluding tert-OH is 1. The van der Waals surface area contributed by atoms with Gasteiger partial charge in [-0.2, -0.15) is 0 Å². The van der Waals surface area contributed by atoms with Crippen molar-refractivity contribution in [2.45, 2.75) is 26.9 Å². The molecule has 0 fully saturated rings. The van der Waals surface area contributed by atoms with Crippen LogP contribution in [0, 0.1) is 13.8 Å². The van der Waals surface area contributed by atoms with E-state index < -0.39 is 6.10 Å². The lowest BCUT2D eigenvalue weighted by Gasteiger charge is -2.17. The summed E-state index contributed by atoms with van der Waals surface area (Å²) in [6, 6.07) is 11.8. The van der Waals surface area contributed by atoms with Crippen LogP contribution < -0.4 is 4.74 Å². The molecule has 2 rings (SSSR count). The van der Waals surface area contributed by atoms with Gasteiger partial charge in [-0.05, 0) is 49.6 Å². The summed E-state index contributed by atoms with van der Waals surface area (Å²) in [7, 11) is 0. The van der Waals surface area contributed by atoms with Gasteiger partial charge in [0, 0.05) is 4.47 Å². The zero-order chi connectivity index (χ0) is 14.7. The molecule has 2 nitrogen and oxygen atoms in total. The van der Waals surface area contributed by atoms with Gasteiger partial charge in [-0.25, -0.2) is 0 Å². The Morgan fingerprint density at radius 3 is 2.40 bits per heavy atom. The molecular weight excluding hydrogens is 316 g/mol. The summed E-state index contributed by atoms with van der Waals surface area (Å²) in [6.45, 7) is 6.65. The number of aryl methyl sites for hydroxylation is 2. The zero-order valence-corrected chi connectivity index (χ0v) is 13.6. The van der Waals surface area contributed by atoms with Crippen LogP contribution in [0.5, 0.6) is 5.75 Å². The third kappa shape index (κ3) is 3.22. The first-order chi connectivity index (χ1) is 9.52. The Morgan fingerprint density at radius 1 is 1.10 bits per heavy atom. The van der Waals surface area contributed by atoms with Crippen molar-refractivity contribution in [1.29, 1.82) is 0 Å². The number of rotatable bonds is 4. The molecule has 2 aromatic rings. The lowest BCUT2D eigenvalue weighted by Crippen LogP contribution is -2.03. The summed E-state index contributed by atoms with van der Waals surface area (Å²) in [5.41, 5.74) is 4.07. The summed E-state index contributed by atoms with van der Waals surface area (Å²) >= 11 is 3.51. The smallest absolute Gasteiger partial charge is 0.120 e. The highest BCUT2D eigenvalue weighted by atomic mass is 79.9. The van der Waals surface area contributed by atoms with Gasteiger partial charge in [-0.1, -0.05) is 45.8 Å². The highest BCUT2D eigenvalue weighted by Gasteiger charge is 2.16. The van der Waals surface area contributed by atoms with Gasteiger partial charge in [-0.15, -0.1) is 0 Å². The molecule has 0 heterocycles. The number of benzene rings is 2. The van der Waals surface area contributed by atoms with Crippen molar-refractivity contribution in [2.24, 2.45) is 0 Å². The molecule has 1 atom stereocenters. The minimum Gasteiger partial charge on any atom is -0.494 e. The van der Waals surface area contributed by atoms with Crippen LogP contribution in [-0.4, -0.2) is 11.7 Å². The predicted octanol–water partition coefficient (Wildman–Crippen LogP) is 4.55. The highest BCUT2D eigenvalue weighted by Crippen LogP contribution is 2.32. The monoisotopic (exact) mass is 334 g/mol. The zero-order valence-electron chi connectivity index (χ0n) is 12.0. The van der Waals surface area contributed by atoms with E-state index in [0.29, 0.717) is 6.61 Å². The van der Waals surface area contributed by atoms with Crippen LogP contribution in [0.3, 0.4) is 0 Å². The van der Waals surface area contributed by atoms with Crippen molar-refractivity contribution in [3.05, 3.63) is 63.1 Å². The van der Waals surface area contributed by atoms with E-state index in [9.17, 15) is 5.11 Å². The molecule has 0 radical (unpaired) electrons. The molecule has 20 heavy (non-hydrogen) atoms. The van der Waals surface area contributed by atoms with E-state index in [-0.39, 0.29) is 0 Å². The Morgan fingerprint density at radius 2 is 1.80 bits per heavy atom. The first-order valence-electron chi connectivity index (χ1n) is 6.70. The Kier molecular flexibility index (Phi) is 4.84. The van der Waals surface area contributed by atoms with Gasteiger partial charge in [0.15, 0.2) is 0 Å². The molecule has 0 aliphatic rings. The van der Waals surface area contributed by atoms with E-state index in [1.807, 2.05) is 44.2 Å². The van der Waals surface area contributed by atoms with Crippen LogP contribution in [-0.2, 0) is 0 Å². The molecule has 3 heteroatoms. The van der Waals surface area contributed by atoms with Gasteiger partial charge in [0.05, 0.1) is 6.61 Å². The molecule has 2 aromatic carbocycles. The van der Waals surface area contributed by atoms with Gasteiger partial charge in [0.1, 0.15) is 11.9 Å². The van der Waals surface area contributed by atoms with Gasteiger partial charge in [0.2, 0.25) is 0 Å². The molecule has 0 aliphatic heterocycles. The van der Waals surface area contributed by atoms with Crippen LogP contribution in [0.1, 0.15) is 35.3 Å². The summed E-state index contributed by atoms with van der Waals surface area (Å²) < 4.78 is 6.31. The second kappa shape index (κ2) is 6.42. The normalized spacial score (nSPS) is 12.2. The van der Waals surface area contributed by atoms with E-state index >= 15 is 0 Å². The molecular formula is C17H19BrO2. The maximum absolute atomic E-state index is 10.6. The second-order valence-electron chi connectivity index (χ2n) is 4.88. The van der Waals surface area contributed by atoms with Crippen molar-refractivity contribution < 1.29 is 9.84 Å². The number of halogens is 1. The van der Waals surface area contributed by atoms with E-state index in [0.717, 1.165) is 26.9 Å². The van der Waals surface area contributed by atoms with Crippen molar-refractivity contribution >= 4 is 15.9 Å². The predicted molar refractivity (Wildman–Crippen MR) is 85.3 cm³/mol. The standard InChI is InChI=1S/C17H19BrO2/c1-4-20-13-6-8-15(16(18)10-13)17(19)14-7-5-11(2)9-12(14)3/h5-10,17,19H,4H2,1-3H3. The van der Waals surface area contributed by atoms with Crippen LogP contribution in [0.2, 0.25) is 0 Å². The maximum atomic E-state index is 10.6. The van der Waals surface area contributed by atoms with E-state index in [1.54, 1.807) is 0 Å². The Hall–Kier alpha value is -1.32. The van der Waals surface area contributed by atoms with Crippen LogP contribution in [0.15, 0.2) is 40.9 Å². The molecule has 0 bridgehead atoms. The summed E-state index contributed by atoms with van der Waals surface area (Å²) in [6.07, 6.45) is -0.638. The molecule has 106 valence electrons. The van der Waals surface area contributed by atoms with E-state index in [2.05, 4.69) is 28.9 Å². The summed E-state index contributed by atoms with van der Waals surface area (Å²) in [5, 5.41) is 10.6. The first-order valence-corrected chi connectivity index (χ1v) is 7.49. The third-order valence-corrected chi connectivity index (χ3v) is 3.98. The van der Waals surface area contributed by atoms with Crippen molar-refractivity contribution in [2.75, 3.05) is 6.61 Å². The summed E-state index contributed by atoms with van der Waals surface area (Å²) in [4.78, 5) is 0. The fourth-order valence-corrected chi connectivity index (χ4v) is 2.86. The minimum absolute atomic E-state index is 0.630. The largest absolute Gasteiger partial charge is 0.494 e. The molecule has 0 saturated heterocycles. The number of hydrogen-bond acceptors (Lipinski definition) is 2. The first kappa shape index (κ1) is 15.1. The molecule has 0 spiro atoms. The van der Waals surface area contributed by atoms with Crippen LogP contribution in [0.4, 0.5) is 0 Å². The van der Waals surface area contributed by atoms with Crippen molar-refractivity contribution in [3.63, 3.8) is 0 Å². The molecule has 0 amide bonds. The SMILES string of the molecule is CCOc1ccc(C(O)c2ccc(C)cc2C)c(Br)c1. The molecule has 0 aliphatic carbocycles. The van der Waals surface area contributed by atoms with Crippen molar-refractivity contribution in [1.82, 2.24) is 0 Å². The van der Waals surface area contributed by atoms with Crippen LogP contribution in [0.25, 0.3) is 0 Å². The summed E-state index contributed by atoms with van der Waals surface area (Å²) in [5.74, 6) is 0.802. The average molecular weight is 335 g/mol. The number of ether oxygens (including phenoxy) is 1. The van der Waals surface area contributed by atoms with Gasteiger partial charge < -0.3 is 9.84 Å². The number of aliphatic hydroxyl groups is 1. The molecule has 1 N–H and O–H groups in total. The van der Waals surface area contributed by atoms with E-state index in [1.165, 1.54) is 5.56 Å². The molecule has 1 unspecified atom stereocenters. The fraction of sp³-hybridized carbons (Fsp3) is 0.294. The Bertz CT molecular complexity index is 608. The lowest BCUT2D eigenvalue weighted by atomic mass is 9.96. The second-order valence-corrected chi connectivity index (χ2v) is 5.73. The fourth-order valence-electron chi connectivity index (χ4n) is 2.29. The van der Waals surface area contributed by atoms with Gasteiger partial charge in [-0.3, -0.25) is 0 Å². The van der Waals surface area contributed by atoms with Gasteiger partial charge >= 0.3 is 0 Å². The topological polar surface area (TPSA) is 29.5 Å². The number of hydrogen-bond donors (Lipinski definition) is 1. The van der Waals surface area contributed by atoms with Gasteiger partial charge in [0.25, 0.3) is 0 Å². The minimum atomic E-state index is -0.638. The van der Waals surface area contributed by atoms with Crippen LogP contribution >= 0.6 is 15.9 Å². The maximum Gasteiger partial charge on any atom is 0.120 e. The third-order valence-electron chi connectivity index (χ3n) is 3.30. The van der Waals surface area contributed by atoms with E-state index in [4.69, 9.17) is 4.74 Å². The quantitative estimate of drug-likeness (QED) is 0.888. The van der Waals surface area contributed by atoms with Crippen molar-refractivity contribution in [3.8, 4) is 5.75 Å². The lowest BCUT2D eigenvalue weighted by molar-refractivity contribution is 0.218. The molecule has 0 saturated carbocycles. The Balaban J connectivity index is 2.35.